The third kappa shape index (κ3) is 2.29. The molecule has 1 atom stereocenters. The van der Waals surface area contributed by atoms with Crippen LogP contribution in [0.2, 0.25) is 0 Å². The van der Waals surface area contributed by atoms with Crippen LogP contribution < -0.4 is 9.47 Å². The van der Waals surface area contributed by atoms with Gasteiger partial charge < -0.3 is 9.47 Å². The summed E-state index contributed by atoms with van der Waals surface area (Å²) in [6.45, 7) is 4.09. The number of rotatable bonds is 2. The molecule has 0 radical (unpaired) electrons. The molecule has 4 nitrogen and oxygen atoms in total. The molecule has 0 bridgehead atoms. The van der Waals surface area contributed by atoms with Crippen LogP contribution in [0.4, 0.5) is 0 Å². The van der Waals surface area contributed by atoms with E-state index in [1.807, 2.05) is 6.21 Å². The molecular weight excluding hydrogens is 252 g/mol. The zero-order valence-electron chi connectivity index (χ0n) is 11.7. The number of ether oxygens (including phenoxy) is 2. The van der Waals surface area contributed by atoms with Gasteiger partial charge in [0.15, 0.2) is 11.5 Å². The average Bonchev–Trinajstić information content (AvgIpc) is 2.86. The summed E-state index contributed by atoms with van der Waals surface area (Å²) in [5.41, 5.74) is 2.50. The van der Waals surface area contributed by atoms with Gasteiger partial charge in [-0.2, -0.15) is 0 Å². The van der Waals surface area contributed by atoms with Crippen LogP contribution in [0.1, 0.15) is 30.4 Å². The maximum atomic E-state index is 5.97. The van der Waals surface area contributed by atoms with E-state index in [-0.39, 0.29) is 6.29 Å². The lowest BCUT2D eigenvalue weighted by atomic mass is 10.0. The fourth-order valence-corrected chi connectivity index (χ4v) is 3.22. The van der Waals surface area contributed by atoms with Crippen molar-refractivity contribution >= 4 is 6.21 Å². The Bertz CT molecular complexity index is 536. The molecule has 0 amide bonds. The van der Waals surface area contributed by atoms with Gasteiger partial charge in [0.25, 0.3) is 6.29 Å². The zero-order valence-corrected chi connectivity index (χ0v) is 11.7. The normalized spacial score (nSPS) is 24.7. The Kier molecular flexibility index (Phi) is 3.11. The molecule has 1 saturated heterocycles. The second-order valence-electron chi connectivity index (χ2n) is 5.81. The van der Waals surface area contributed by atoms with Gasteiger partial charge in [-0.15, -0.1) is 0 Å². The van der Waals surface area contributed by atoms with Crippen molar-refractivity contribution in [1.29, 1.82) is 0 Å². The number of piperidine rings is 1. The van der Waals surface area contributed by atoms with Crippen LogP contribution in [-0.4, -0.2) is 43.6 Å². The molecule has 1 aromatic rings. The van der Waals surface area contributed by atoms with Crippen molar-refractivity contribution in [3.63, 3.8) is 0 Å². The Morgan fingerprint density at radius 1 is 1.10 bits per heavy atom. The fraction of sp³-hybridized carbons (Fsp3) is 0.562. The molecule has 4 heteroatoms. The highest BCUT2D eigenvalue weighted by atomic mass is 16.7. The van der Waals surface area contributed by atoms with Gasteiger partial charge in [0.2, 0.25) is 0 Å². The first-order valence-electron chi connectivity index (χ1n) is 7.61. The molecule has 3 heterocycles. The van der Waals surface area contributed by atoms with Gasteiger partial charge in [-0.1, -0.05) is 6.42 Å². The Morgan fingerprint density at radius 3 is 2.75 bits per heavy atom. The number of aliphatic imine (C=N–C) groups is 1. The van der Waals surface area contributed by atoms with Gasteiger partial charge in [0.05, 0.1) is 6.54 Å². The summed E-state index contributed by atoms with van der Waals surface area (Å²) in [6.07, 6.45) is 6.74. The number of likely N-dealkylation sites (tertiary alicyclic amines) is 1. The Labute approximate surface area is 119 Å². The van der Waals surface area contributed by atoms with Crippen molar-refractivity contribution in [2.24, 2.45) is 4.99 Å². The first kappa shape index (κ1) is 12.2. The summed E-state index contributed by atoms with van der Waals surface area (Å²) in [7, 11) is 0. The summed E-state index contributed by atoms with van der Waals surface area (Å²) in [5.74, 6) is 1.78. The van der Waals surface area contributed by atoms with E-state index >= 15 is 0 Å². The highest BCUT2D eigenvalue weighted by Gasteiger charge is 2.28. The molecule has 1 aromatic carbocycles. The standard InChI is InChI=1S/C16H20N2O2/c1-2-6-18(7-3-1)11-16-19-14-8-12-4-5-17-10-13(12)9-15(14)20-16/h8-10,16H,1-7,11H2. The summed E-state index contributed by atoms with van der Waals surface area (Å²) in [4.78, 5) is 6.77. The minimum absolute atomic E-state index is 0.149. The van der Waals surface area contributed by atoms with Crippen molar-refractivity contribution in [2.45, 2.75) is 32.0 Å². The quantitative estimate of drug-likeness (QED) is 0.828. The lowest BCUT2D eigenvalue weighted by Crippen LogP contribution is -2.39. The van der Waals surface area contributed by atoms with E-state index in [1.165, 1.54) is 43.5 Å². The number of nitrogens with zero attached hydrogens (tertiary/aromatic N) is 2. The van der Waals surface area contributed by atoms with E-state index in [1.54, 1.807) is 0 Å². The molecule has 0 spiro atoms. The molecule has 4 rings (SSSR count). The smallest absolute Gasteiger partial charge is 0.254 e. The van der Waals surface area contributed by atoms with E-state index in [4.69, 9.17) is 9.47 Å². The van der Waals surface area contributed by atoms with Crippen LogP contribution in [-0.2, 0) is 6.42 Å². The Morgan fingerprint density at radius 2 is 1.90 bits per heavy atom. The van der Waals surface area contributed by atoms with E-state index in [0.29, 0.717) is 0 Å². The number of hydrogen-bond donors (Lipinski definition) is 0. The lowest BCUT2D eigenvalue weighted by molar-refractivity contribution is 0.0104. The highest BCUT2D eigenvalue weighted by molar-refractivity contribution is 5.84. The second kappa shape index (κ2) is 5.09. The predicted octanol–water partition coefficient (Wildman–Crippen LogP) is 2.24. The maximum Gasteiger partial charge on any atom is 0.254 e. The van der Waals surface area contributed by atoms with Gasteiger partial charge in [-0.25, -0.2) is 0 Å². The van der Waals surface area contributed by atoms with Gasteiger partial charge in [-0.05, 0) is 55.6 Å². The van der Waals surface area contributed by atoms with Gasteiger partial charge >= 0.3 is 0 Å². The average molecular weight is 272 g/mol. The molecule has 0 aromatic heterocycles. The first-order chi connectivity index (χ1) is 9.88. The molecule has 0 N–H and O–H groups in total. The van der Waals surface area contributed by atoms with Crippen LogP contribution in [0, 0.1) is 0 Å². The molecule has 0 aliphatic carbocycles. The number of hydrogen-bond acceptors (Lipinski definition) is 4. The first-order valence-corrected chi connectivity index (χ1v) is 7.61. The second-order valence-corrected chi connectivity index (χ2v) is 5.81. The van der Waals surface area contributed by atoms with Gasteiger partial charge in [0, 0.05) is 12.8 Å². The van der Waals surface area contributed by atoms with Crippen molar-refractivity contribution < 1.29 is 9.47 Å². The monoisotopic (exact) mass is 272 g/mol. The third-order valence-electron chi connectivity index (χ3n) is 4.32. The molecule has 106 valence electrons. The van der Waals surface area contributed by atoms with Crippen LogP contribution in [0.3, 0.4) is 0 Å². The van der Waals surface area contributed by atoms with Gasteiger partial charge in [0.1, 0.15) is 0 Å². The van der Waals surface area contributed by atoms with Crippen LogP contribution >= 0.6 is 0 Å². The topological polar surface area (TPSA) is 34.1 Å². The van der Waals surface area contributed by atoms with Crippen molar-refractivity contribution in [2.75, 3.05) is 26.2 Å². The van der Waals surface area contributed by atoms with Crippen LogP contribution in [0.15, 0.2) is 17.1 Å². The van der Waals surface area contributed by atoms with Crippen molar-refractivity contribution in [3.8, 4) is 11.5 Å². The van der Waals surface area contributed by atoms with Gasteiger partial charge in [-0.3, -0.25) is 9.89 Å². The minimum Gasteiger partial charge on any atom is -0.450 e. The summed E-state index contributed by atoms with van der Waals surface area (Å²) in [6, 6.07) is 4.20. The maximum absolute atomic E-state index is 5.97. The predicted molar refractivity (Wildman–Crippen MR) is 77.9 cm³/mol. The number of fused-ring (bicyclic) bond motifs is 2. The van der Waals surface area contributed by atoms with E-state index in [9.17, 15) is 0 Å². The molecule has 20 heavy (non-hydrogen) atoms. The lowest BCUT2D eigenvalue weighted by Gasteiger charge is -2.27. The molecule has 0 saturated carbocycles. The fourth-order valence-electron chi connectivity index (χ4n) is 3.22. The molecule has 1 fully saturated rings. The summed E-state index contributed by atoms with van der Waals surface area (Å²) >= 11 is 0. The van der Waals surface area contributed by atoms with E-state index in [0.717, 1.165) is 31.0 Å². The largest absolute Gasteiger partial charge is 0.450 e. The molecule has 1 unspecified atom stereocenters. The van der Waals surface area contributed by atoms with E-state index < -0.39 is 0 Å². The highest BCUT2D eigenvalue weighted by Crippen LogP contribution is 2.37. The molecule has 3 aliphatic rings. The zero-order chi connectivity index (χ0) is 13.4. The summed E-state index contributed by atoms with van der Waals surface area (Å²) < 4.78 is 11.9. The SMILES string of the molecule is C1=NCCc2cc3c(cc21)OC(CN1CCCCC1)O3. The van der Waals surface area contributed by atoms with Crippen LogP contribution in [0.5, 0.6) is 11.5 Å². The Balaban J connectivity index is 1.47. The molecular formula is C16H20N2O2. The Hall–Kier alpha value is -1.55. The van der Waals surface area contributed by atoms with Crippen molar-refractivity contribution in [3.05, 3.63) is 23.3 Å². The number of benzene rings is 1. The third-order valence-corrected chi connectivity index (χ3v) is 4.32. The minimum atomic E-state index is -0.149. The van der Waals surface area contributed by atoms with E-state index in [2.05, 4.69) is 22.0 Å². The summed E-state index contributed by atoms with van der Waals surface area (Å²) in [5, 5.41) is 0. The molecule has 3 aliphatic heterocycles. The van der Waals surface area contributed by atoms with Crippen LogP contribution in [0.25, 0.3) is 0 Å². The van der Waals surface area contributed by atoms with Crippen molar-refractivity contribution in [1.82, 2.24) is 4.90 Å².